The number of hydrogen-bond acceptors (Lipinski definition) is 3. The first-order chi connectivity index (χ1) is 11.7. The van der Waals surface area contributed by atoms with E-state index in [2.05, 4.69) is 16.0 Å². The van der Waals surface area contributed by atoms with Crippen LogP contribution in [0.3, 0.4) is 0 Å². The monoisotopic (exact) mass is 329 g/mol. The van der Waals surface area contributed by atoms with Crippen molar-refractivity contribution in [1.29, 1.82) is 0 Å². The third-order valence-electron chi connectivity index (χ3n) is 5.08. The largest absolute Gasteiger partial charge is 0.326 e. The van der Waals surface area contributed by atoms with Crippen LogP contribution in [-0.2, 0) is 9.59 Å². The van der Waals surface area contributed by atoms with Gasteiger partial charge in [-0.2, -0.15) is 0 Å². The second-order valence-corrected chi connectivity index (χ2v) is 6.92. The summed E-state index contributed by atoms with van der Waals surface area (Å²) in [4.78, 5) is 24.7. The fourth-order valence-corrected chi connectivity index (χ4v) is 3.61. The van der Waals surface area contributed by atoms with E-state index in [1.54, 1.807) is 0 Å². The summed E-state index contributed by atoms with van der Waals surface area (Å²) < 4.78 is 0. The second-order valence-electron chi connectivity index (χ2n) is 6.92. The second kappa shape index (κ2) is 8.29. The Balaban J connectivity index is 1.57. The number of hydrogen-bond donors (Lipinski definition) is 3. The summed E-state index contributed by atoms with van der Waals surface area (Å²) in [5.41, 5.74) is 1.51. The number of carbonyl (C=O) groups is 2. The van der Waals surface area contributed by atoms with Crippen molar-refractivity contribution in [2.75, 3.05) is 23.7 Å². The van der Waals surface area contributed by atoms with Gasteiger partial charge in [-0.15, -0.1) is 0 Å². The highest BCUT2D eigenvalue weighted by atomic mass is 16.2. The van der Waals surface area contributed by atoms with Crippen molar-refractivity contribution >= 4 is 23.2 Å². The van der Waals surface area contributed by atoms with E-state index >= 15 is 0 Å². The van der Waals surface area contributed by atoms with Crippen molar-refractivity contribution in [3.8, 4) is 0 Å². The standard InChI is InChI=1S/C19H27N3O2/c23-18(14-5-2-1-3-6-14)21-16-7-4-8-17(13-16)22-19(24)15-9-11-20-12-10-15/h4,7-8,13-15,20H,1-3,5-6,9-12H2,(H,21,23)(H,22,24). The molecule has 0 bridgehead atoms. The first-order valence-corrected chi connectivity index (χ1v) is 9.15. The van der Waals surface area contributed by atoms with Crippen LogP contribution in [0.25, 0.3) is 0 Å². The van der Waals surface area contributed by atoms with Gasteiger partial charge in [-0.1, -0.05) is 25.3 Å². The molecule has 5 heteroatoms. The van der Waals surface area contributed by atoms with Gasteiger partial charge in [-0.05, 0) is 57.0 Å². The third kappa shape index (κ3) is 4.57. The molecule has 2 amide bonds. The molecule has 1 aliphatic heterocycles. The highest BCUT2D eigenvalue weighted by Gasteiger charge is 2.22. The van der Waals surface area contributed by atoms with Crippen LogP contribution in [0.4, 0.5) is 11.4 Å². The number of amides is 2. The molecule has 130 valence electrons. The van der Waals surface area contributed by atoms with Crippen LogP contribution in [0.15, 0.2) is 24.3 Å². The smallest absolute Gasteiger partial charge is 0.227 e. The molecule has 1 saturated carbocycles. The average Bonchev–Trinajstić information content (AvgIpc) is 2.63. The average molecular weight is 329 g/mol. The van der Waals surface area contributed by atoms with E-state index in [-0.39, 0.29) is 23.7 Å². The Bertz CT molecular complexity index is 528. The van der Waals surface area contributed by atoms with Gasteiger partial charge in [0.15, 0.2) is 0 Å². The molecule has 2 aliphatic rings. The van der Waals surface area contributed by atoms with Gasteiger partial charge >= 0.3 is 0 Å². The van der Waals surface area contributed by atoms with Crippen molar-refractivity contribution < 1.29 is 9.59 Å². The molecule has 3 rings (SSSR count). The van der Waals surface area contributed by atoms with Gasteiger partial charge in [0.25, 0.3) is 0 Å². The molecule has 0 spiro atoms. The van der Waals surface area contributed by atoms with Gasteiger partial charge < -0.3 is 16.0 Å². The van der Waals surface area contributed by atoms with Crippen LogP contribution >= 0.6 is 0 Å². The molecule has 24 heavy (non-hydrogen) atoms. The van der Waals surface area contributed by atoms with Gasteiger partial charge in [0.1, 0.15) is 0 Å². The maximum atomic E-state index is 12.3. The molecule has 2 fully saturated rings. The van der Waals surface area contributed by atoms with E-state index in [0.29, 0.717) is 0 Å². The third-order valence-corrected chi connectivity index (χ3v) is 5.08. The normalized spacial score (nSPS) is 19.7. The van der Waals surface area contributed by atoms with E-state index in [9.17, 15) is 9.59 Å². The Morgan fingerprint density at radius 3 is 1.96 bits per heavy atom. The van der Waals surface area contributed by atoms with Crippen molar-refractivity contribution in [2.24, 2.45) is 11.8 Å². The van der Waals surface area contributed by atoms with Crippen LogP contribution in [0.1, 0.15) is 44.9 Å². The summed E-state index contributed by atoms with van der Waals surface area (Å²) >= 11 is 0. The van der Waals surface area contributed by atoms with E-state index in [1.165, 1.54) is 6.42 Å². The van der Waals surface area contributed by atoms with Crippen LogP contribution in [0, 0.1) is 11.8 Å². The Morgan fingerprint density at radius 2 is 1.38 bits per heavy atom. The quantitative estimate of drug-likeness (QED) is 0.795. The van der Waals surface area contributed by atoms with Gasteiger partial charge in [0.2, 0.25) is 11.8 Å². The Hall–Kier alpha value is -1.88. The molecule has 0 radical (unpaired) electrons. The molecule has 0 atom stereocenters. The molecular formula is C19H27N3O2. The zero-order valence-corrected chi connectivity index (χ0v) is 14.1. The lowest BCUT2D eigenvalue weighted by Crippen LogP contribution is -2.34. The minimum Gasteiger partial charge on any atom is -0.326 e. The molecule has 1 aliphatic carbocycles. The first-order valence-electron chi connectivity index (χ1n) is 9.15. The summed E-state index contributed by atoms with van der Waals surface area (Å²) in [5, 5.41) is 9.26. The van der Waals surface area contributed by atoms with Crippen molar-refractivity contribution in [2.45, 2.75) is 44.9 Å². The topological polar surface area (TPSA) is 70.2 Å². The molecule has 0 unspecified atom stereocenters. The van der Waals surface area contributed by atoms with Crippen molar-refractivity contribution in [1.82, 2.24) is 5.32 Å². The zero-order chi connectivity index (χ0) is 16.8. The van der Waals surface area contributed by atoms with Crippen molar-refractivity contribution in [3.63, 3.8) is 0 Å². The lowest BCUT2D eigenvalue weighted by atomic mass is 9.88. The van der Waals surface area contributed by atoms with Gasteiger partial charge in [-0.25, -0.2) is 0 Å². The molecule has 5 nitrogen and oxygen atoms in total. The Labute approximate surface area is 143 Å². The fourth-order valence-electron chi connectivity index (χ4n) is 3.61. The Kier molecular flexibility index (Phi) is 5.86. The van der Waals surface area contributed by atoms with Gasteiger partial charge in [0, 0.05) is 23.2 Å². The highest BCUT2D eigenvalue weighted by Crippen LogP contribution is 2.25. The number of nitrogens with one attached hydrogen (secondary N) is 3. The molecule has 1 aromatic carbocycles. The van der Waals surface area contributed by atoms with Crippen LogP contribution in [0.5, 0.6) is 0 Å². The van der Waals surface area contributed by atoms with E-state index < -0.39 is 0 Å². The van der Waals surface area contributed by atoms with Crippen LogP contribution in [-0.4, -0.2) is 24.9 Å². The van der Waals surface area contributed by atoms with Gasteiger partial charge in [0.05, 0.1) is 0 Å². The fraction of sp³-hybridized carbons (Fsp3) is 0.579. The maximum Gasteiger partial charge on any atom is 0.227 e. The predicted octanol–water partition coefficient (Wildman–Crippen LogP) is 3.14. The summed E-state index contributed by atoms with van der Waals surface area (Å²) in [7, 11) is 0. The lowest BCUT2D eigenvalue weighted by Gasteiger charge is -2.22. The van der Waals surface area contributed by atoms with Crippen LogP contribution < -0.4 is 16.0 Å². The number of anilines is 2. The Morgan fingerprint density at radius 1 is 0.833 bits per heavy atom. The number of piperidine rings is 1. The van der Waals surface area contributed by atoms with E-state index in [1.807, 2.05) is 24.3 Å². The molecule has 1 aromatic rings. The summed E-state index contributed by atoms with van der Waals surface area (Å²) in [6.45, 7) is 1.80. The number of rotatable bonds is 4. The van der Waals surface area contributed by atoms with E-state index in [4.69, 9.17) is 0 Å². The molecular weight excluding hydrogens is 302 g/mol. The molecule has 0 aromatic heterocycles. The maximum absolute atomic E-state index is 12.3. The molecule has 1 heterocycles. The summed E-state index contributed by atoms with van der Waals surface area (Å²) in [6.07, 6.45) is 7.25. The first kappa shape index (κ1) is 17.0. The minimum atomic E-state index is 0.0757. The zero-order valence-electron chi connectivity index (χ0n) is 14.1. The number of carbonyl (C=O) groups excluding carboxylic acids is 2. The van der Waals surface area contributed by atoms with Gasteiger partial charge in [-0.3, -0.25) is 9.59 Å². The summed E-state index contributed by atoms with van der Waals surface area (Å²) in [5.74, 6) is 0.391. The predicted molar refractivity (Wildman–Crippen MR) is 95.9 cm³/mol. The van der Waals surface area contributed by atoms with E-state index in [0.717, 1.165) is 63.0 Å². The highest BCUT2D eigenvalue weighted by molar-refractivity contribution is 5.95. The van der Waals surface area contributed by atoms with Crippen LogP contribution in [0.2, 0.25) is 0 Å². The molecule has 1 saturated heterocycles. The SMILES string of the molecule is O=C(Nc1cccc(NC(=O)C2CCNCC2)c1)C1CCCCC1. The van der Waals surface area contributed by atoms with Crippen molar-refractivity contribution in [3.05, 3.63) is 24.3 Å². The number of benzene rings is 1. The lowest BCUT2D eigenvalue weighted by molar-refractivity contribution is -0.121. The summed E-state index contributed by atoms with van der Waals surface area (Å²) in [6, 6.07) is 7.46. The molecule has 3 N–H and O–H groups in total. The minimum absolute atomic E-state index is 0.0757.